The zero-order valence-corrected chi connectivity index (χ0v) is 19.7. The summed E-state index contributed by atoms with van der Waals surface area (Å²) in [5.41, 5.74) is 2.12. The smallest absolute Gasteiger partial charge is 0.0579 e. The van der Waals surface area contributed by atoms with Gasteiger partial charge in [-0.15, -0.1) is 0 Å². The number of aliphatic hydroxyl groups is 2. The van der Waals surface area contributed by atoms with Crippen molar-refractivity contribution < 1.29 is 10.2 Å². The predicted molar refractivity (Wildman–Crippen MR) is 122 cm³/mol. The normalized spacial score (nSPS) is 54.5. The van der Waals surface area contributed by atoms with Crippen molar-refractivity contribution in [3.8, 4) is 0 Å². The fourth-order valence-electron chi connectivity index (χ4n) is 9.36. The monoisotopic (exact) mass is 415 g/mol. The maximum absolute atomic E-state index is 11.4. The summed E-state index contributed by atoms with van der Waals surface area (Å²) in [4.78, 5) is 0. The topological polar surface area (TPSA) is 52.5 Å². The minimum Gasteiger partial charge on any atom is -0.393 e. The molecule has 0 aromatic carbocycles. The van der Waals surface area contributed by atoms with Crippen molar-refractivity contribution in [3.63, 3.8) is 0 Å². The van der Waals surface area contributed by atoms with Crippen molar-refractivity contribution in [2.24, 2.45) is 46.3 Å². The highest BCUT2D eigenvalue weighted by molar-refractivity contribution is 5.25. The number of rotatable bonds is 2. The molecule has 3 saturated carbocycles. The van der Waals surface area contributed by atoms with Gasteiger partial charge >= 0.3 is 0 Å². The van der Waals surface area contributed by atoms with Crippen LogP contribution in [-0.4, -0.2) is 35.0 Å². The van der Waals surface area contributed by atoms with E-state index in [-0.39, 0.29) is 17.6 Å². The Morgan fingerprint density at radius 1 is 1.07 bits per heavy atom. The molecule has 0 aromatic heterocycles. The first-order valence-corrected chi connectivity index (χ1v) is 13.0. The molecule has 3 heteroatoms. The minimum absolute atomic E-state index is 0.126. The van der Waals surface area contributed by atoms with Crippen molar-refractivity contribution in [2.45, 2.75) is 104 Å². The summed E-state index contributed by atoms with van der Waals surface area (Å²) in [7, 11) is 0. The molecule has 0 bridgehead atoms. The molecule has 3 N–H and O–H groups in total. The Hall–Kier alpha value is -0.380. The van der Waals surface area contributed by atoms with Gasteiger partial charge in [-0.1, -0.05) is 39.3 Å². The highest BCUT2D eigenvalue weighted by Gasteiger charge is 2.62. The summed E-state index contributed by atoms with van der Waals surface area (Å²) in [5, 5.41) is 25.5. The number of allylic oxidation sites excluding steroid dienone is 1. The number of piperidine rings is 1. The molecule has 1 aliphatic heterocycles. The van der Waals surface area contributed by atoms with Crippen LogP contribution >= 0.6 is 0 Å². The van der Waals surface area contributed by atoms with E-state index in [1.54, 1.807) is 5.57 Å². The van der Waals surface area contributed by atoms with E-state index >= 15 is 0 Å². The Kier molecular flexibility index (Phi) is 5.43. The standard InChI is InChI=1S/C27H45NO2/c1-16-5-8-23(28-15-16)17(2)25-24(30)14-22-20-7-6-18-13-19(29)9-11-26(18,3)21(20)10-12-27(22,25)4/h6,16-17,19-25,28-30H,5,7-15H2,1-4H3/t16-,17-,19-,20-,21+,22+,23+,24-,25+,26+,27+/m1/s1. The summed E-state index contributed by atoms with van der Waals surface area (Å²) in [6, 6.07) is 0.573. The largest absolute Gasteiger partial charge is 0.393 e. The molecule has 0 aromatic rings. The second kappa shape index (κ2) is 7.59. The maximum Gasteiger partial charge on any atom is 0.0579 e. The molecule has 11 atom stereocenters. The average Bonchev–Trinajstić information content (AvgIpc) is 2.98. The Labute approximate surface area is 184 Å². The van der Waals surface area contributed by atoms with Gasteiger partial charge < -0.3 is 15.5 Å². The molecule has 170 valence electrons. The van der Waals surface area contributed by atoms with Crippen molar-refractivity contribution in [2.75, 3.05) is 6.54 Å². The van der Waals surface area contributed by atoms with Crippen LogP contribution in [0.4, 0.5) is 0 Å². The van der Waals surface area contributed by atoms with Gasteiger partial charge in [0.15, 0.2) is 0 Å². The molecule has 4 aliphatic carbocycles. The number of aliphatic hydroxyl groups excluding tert-OH is 2. The molecule has 30 heavy (non-hydrogen) atoms. The average molecular weight is 416 g/mol. The second-order valence-electron chi connectivity index (χ2n) is 12.6. The SMILES string of the molecule is C[C@@H]1CC[C@@H]([C@@H](C)[C@H]2[C@H](O)C[C@H]3[C@@H]4CC=C5C[C@H](O)CC[C@]5(C)[C@H]4CC[C@]23C)NC1. The van der Waals surface area contributed by atoms with Crippen LogP contribution in [0.25, 0.3) is 0 Å². The first-order chi connectivity index (χ1) is 14.2. The second-order valence-corrected chi connectivity index (χ2v) is 12.6. The Bertz CT molecular complexity index is 682. The van der Waals surface area contributed by atoms with E-state index in [1.165, 1.54) is 32.1 Å². The van der Waals surface area contributed by atoms with Gasteiger partial charge in [-0.3, -0.25) is 0 Å². The third-order valence-electron chi connectivity index (χ3n) is 11.1. The lowest BCUT2D eigenvalue weighted by Crippen LogP contribution is -2.53. The highest BCUT2D eigenvalue weighted by atomic mass is 16.3. The van der Waals surface area contributed by atoms with Gasteiger partial charge in [0.1, 0.15) is 0 Å². The first kappa shape index (κ1) is 21.5. The molecular formula is C27H45NO2. The van der Waals surface area contributed by atoms with Crippen molar-refractivity contribution >= 4 is 0 Å². The number of nitrogens with one attached hydrogen (secondary N) is 1. The molecule has 4 fully saturated rings. The van der Waals surface area contributed by atoms with Crippen LogP contribution in [0.15, 0.2) is 11.6 Å². The van der Waals surface area contributed by atoms with E-state index in [0.29, 0.717) is 29.2 Å². The quantitative estimate of drug-likeness (QED) is 0.561. The van der Waals surface area contributed by atoms with Crippen LogP contribution in [-0.2, 0) is 0 Å². The molecule has 0 amide bonds. The van der Waals surface area contributed by atoms with Crippen LogP contribution in [0.5, 0.6) is 0 Å². The Balaban J connectivity index is 1.39. The van der Waals surface area contributed by atoms with Gasteiger partial charge in [-0.2, -0.15) is 0 Å². The fourth-order valence-corrected chi connectivity index (χ4v) is 9.36. The van der Waals surface area contributed by atoms with Gasteiger partial charge in [-0.05, 0) is 111 Å². The Morgan fingerprint density at radius 3 is 2.60 bits per heavy atom. The van der Waals surface area contributed by atoms with Crippen LogP contribution in [0, 0.1) is 46.3 Å². The maximum atomic E-state index is 11.4. The molecule has 5 aliphatic rings. The minimum atomic E-state index is -0.138. The van der Waals surface area contributed by atoms with E-state index in [9.17, 15) is 10.2 Å². The number of fused-ring (bicyclic) bond motifs is 5. The molecule has 1 saturated heterocycles. The summed E-state index contributed by atoms with van der Waals surface area (Å²) in [6.07, 6.45) is 12.6. The van der Waals surface area contributed by atoms with Gasteiger partial charge in [0.25, 0.3) is 0 Å². The summed E-state index contributed by atoms with van der Waals surface area (Å²) in [5.74, 6) is 3.90. The zero-order chi connectivity index (χ0) is 21.3. The molecular weight excluding hydrogens is 370 g/mol. The lowest BCUT2D eigenvalue weighted by molar-refractivity contribution is -0.0655. The number of hydrogen-bond donors (Lipinski definition) is 3. The lowest BCUT2D eigenvalue weighted by atomic mass is 9.47. The molecule has 3 nitrogen and oxygen atoms in total. The van der Waals surface area contributed by atoms with E-state index < -0.39 is 0 Å². The summed E-state index contributed by atoms with van der Waals surface area (Å²) < 4.78 is 0. The van der Waals surface area contributed by atoms with Crippen molar-refractivity contribution in [1.82, 2.24) is 5.32 Å². The molecule has 0 unspecified atom stereocenters. The van der Waals surface area contributed by atoms with Crippen LogP contribution in [0.3, 0.4) is 0 Å². The molecule has 1 heterocycles. The zero-order valence-electron chi connectivity index (χ0n) is 19.7. The highest BCUT2D eigenvalue weighted by Crippen LogP contribution is 2.67. The molecule has 0 spiro atoms. The fraction of sp³-hybridized carbons (Fsp3) is 0.926. The van der Waals surface area contributed by atoms with Gasteiger partial charge in [0.2, 0.25) is 0 Å². The van der Waals surface area contributed by atoms with E-state index in [0.717, 1.165) is 50.0 Å². The molecule has 5 rings (SSSR count). The van der Waals surface area contributed by atoms with Gasteiger partial charge in [0, 0.05) is 6.04 Å². The predicted octanol–water partition coefficient (Wildman–Crippen LogP) is 4.92. The summed E-state index contributed by atoms with van der Waals surface area (Å²) >= 11 is 0. The first-order valence-electron chi connectivity index (χ1n) is 13.0. The number of hydrogen-bond acceptors (Lipinski definition) is 3. The van der Waals surface area contributed by atoms with Crippen molar-refractivity contribution in [3.05, 3.63) is 11.6 Å². The van der Waals surface area contributed by atoms with Crippen LogP contribution < -0.4 is 5.32 Å². The van der Waals surface area contributed by atoms with Crippen molar-refractivity contribution in [1.29, 1.82) is 0 Å². The van der Waals surface area contributed by atoms with Gasteiger partial charge in [0.05, 0.1) is 12.2 Å². The van der Waals surface area contributed by atoms with Gasteiger partial charge in [-0.25, -0.2) is 0 Å². The van der Waals surface area contributed by atoms with E-state index in [4.69, 9.17) is 0 Å². The third-order valence-corrected chi connectivity index (χ3v) is 11.1. The summed E-state index contributed by atoms with van der Waals surface area (Å²) in [6.45, 7) is 11.0. The van der Waals surface area contributed by atoms with Crippen LogP contribution in [0.1, 0.15) is 85.5 Å². The van der Waals surface area contributed by atoms with E-state index in [1.807, 2.05) is 0 Å². The molecule has 0 radical (unpaired) electrons. The van der Waals surface area contributed by atoms with Crippen LogP contribution in [0.2, 0.25) is 0 Å². The lowest BCUT2D eigenvalue weighted by Gasteiger charge is -2.58. The Morgan fingerprint density at radius 2 is 1.87 bits per heavy atom. The van der Waals surface area contributed by atoms with E-state index in [2.05, 4.69) is 39.1 Å². The third kappa shape index (κ3) is 3.17.